The second-order valence-corrected chi connectivity index (χ2v) is 5.83. The van der Waals surface area contributed by atoms with E-state index in [1.165, 1.54) is 0 Å². The Labute approximate surface area is 125 Å². The number of benzene rings is 1. The summed E-state index contributed by atoms with van der Waals surface area (Å²) in [4.78, 5) is 17.5. The fraction of sp³-hybridized carbons (Fsp3) is 0.529. The summed E-state index contributed by atoms with van der Waals surface area (Å²) < 4.78 is 2.16. The summed E-state index contributed by atoms with van der Waals surface area (Å²) in [5.41, 5.74) is 1.77. The number of imidazole rings is 1. The lowest BCUT2D eigenvalue weighted by Gasteiger charge is -2.26. The molecule has 0 radical (unpaired) electrons. The third-order valence-corrected chi connectivity index (χ3v) is 4.75. The number of nitrogens with zero attached hydrogens (tertiary/aromatic N) is 2. The maximum atomic E-state index is 12.8. The van der Waals surface area contributed by atoms with E-state index < -0.39 is 0 Å². The van der Waals surface area contributed by atoms with Crippen LogP contribution in [0.2, 0.25) is 0 Å². The van der Waals surface area contributed by atoms with Crippen molar-refractivity contribution in [1.82, 2.24) is 14.9 Å². The highest BCUT2D eigenvalue weighted by Gasteiger charge is 2.39. The lowest BCUT2D eigenvalue weighted by Crippen LogP contribution is -2.48. The summed E-state index contributed by atoms with van der Waals surface area (Å²) in [6.45, 7) is 5.99. The maximum Gasteiger partial charge on any atom is 0.160 e. The van der Waals surface area contributed by atoms with Crippen LogP contribution < -0.4 is 5.32 Å². The fourth-order valence-corrected chi connectivity index (χ4v) is 3.47. The summed E-state index contributed by atoms with van der Waals surface area (Å²) in [5.74, 6) is 1.18. The van der Waals surface area contributed by atoms with Crippen LogP contribution in [0.15, 0.2) is 24.3 Å². The Kier molecular flexibility index (Phi) is 3.81. The molecule has 0 saturated carbocycles. The van der Waals surface area contributed by atoms with E-state index in [2.05, 4.69) is 34.8 Å². The third-order valence-electron chi connectivity index (χ3n) is 4.75. The van der Waals surface area contributed by atoms with E-state index >= 15 is 0 Å². The predicted molar refractivity (Wildman–Crippen MR) is 84.4 cm³/mol. The molecule has 1 saturated heterocycles. The number of aromatic nitrogens is 2. The largest absolute Gasteiger partial charge is 0.328 e. The number of ketones is 1. The molecule has 1 unspecified atom stereocenters. The molecule has 0 aliphatic carbocycles. The first kappa shape index (κ1) is 14.3. The topological polar surface area (TPSA) is 46.9 Å². The second-order valence-electron chi connectivity index (χ2n) is 5.83. The number of carbonyl (C=O) groups excluding carboxylic acids is 1. The van der Waals surface area contributed by atoms with Gasteiger partial charge in [-0.3, -0.25) is 4.79 Å². The van der Waals surface area contributed by atoms with Gasteiger partial charge in [0.1, 0.15) is 5.82 Å². The minimum atomic E-state index is -0.323. The number of para-hydroxylation sites is 2. The molecule has 1 fully saturated rings. The summed E-state index contributed by atoms with van der Waals surface area (Å²) >= 11 is 0. The molecule has 2 heterocycles. The highest BCUT2D eigenvalue weighted by Crippen LogP contribution is 2.26. The molecule has 0 bridgehead atoms. The molecule has 1 aliphatic heterocycles. The second kappa shape index (κ2) is 5.60. The molecule has 112 valence electrons. The van der Waals surface area contributed by atoms with Crippen molar-refractivity contribution in [3.05, 3.63) is 30.1 Å². The molecule has 4 heteroatoms. The van der Waals surface area contributed by atoms with Gasteiger partial charge in [-0.25, -0.2) is 4.98 Å². The van der Waals surface area contributed by atoms with Crippen molar-refractivity contribution in [2.45, 2.75) is 51.6 Å². The first-order valence-electron chi connectivity index (χ1n) is 7.92. The van der Waals surface area contributed by atoms with Gasteiger partial charge >= 0.3 is 0 Å². The Morgan fingerprint density at radius 3 is 2.86 bits per heavy atom. The van der Waals surface area contributed by atoms with Crippen LogP contribution in [-0.2, 0) is 17.8 Å². The first-order valence-corrected chi connectivity index (χ1v) is 7.92. The molecular formula is C17H23N3O. The molecule has 3 rings (SSSR count). The highest BCUT2D eigenvalue weighted by molar-refractivity contribution is 5.90. The zero-order valence-corrected chi connectivity index (χ0v) is 12.9. The third kappa shape index (κ3) is 2.38. The lowest BCUT2D eigenvalue weighted by molar-refractivity contribution is -0.124. The SMILES string of the molecule is CCn1c(CC(=O)C2(CC)CCCN2)nc2ccccc21. The number of carbonyl (C=O) groups is 1. The van der Waals surface area contributed by atoms with Crippen molar-refractivity contribution in [2.24, 2.45) is 0 Å². The van der Waals surface area contributed by atoms with Crippen molar-refractivity contribution in [3.8, 4) is 0 Å². The normalized spacial score (nSPS) is 22.0. The minimum absolute atomic E-state index is 0.285. The number of hydrogen-bond acceptors (Lipinski definition) is 3. The Morgan fingerprint density at radius 1 is 1.38 bits per heavy atom. The van der Waals surface area contributed by atoms with Gasteiger partial charge in [0, 0.05) is 6.54 Å². The monoisotopic (exact) mass is 285 g/mol. The van der Waals surface area contributed by atoms with E-state index in [0.29, 0.717) is 6.42 Å². The van der Waals surface area contributed by atoms with Crippen molar-refractivity contribution in [3.63, 3.8) is 0 Å². The number of Topliss-reactive ketones (excluding diaryl/α,β-unsaturated/α-hetero) is 1. The van der Waals surface area contributed by atoms with Crippen molar-refractivity contribution >= 4 is 16.8 Å². The van der Waals surface area contributed by atoms with E-state index in [4.69, 9.17) is 0 Å². The van der Waals surface area contributed by atoms with Crippen LogP contribution >= 0.6 is 0 Å². The fourth-order valence-electron chi connectivity index (χ4n) is 3.47. The molecule has 1 aliphatic rings. The maximum absolute atomic E-state index is 12.8. The van der Waals surface area contributed by atoms with Gasteiger partial charge in [-0.15, -0.1) is 0 Å². The Balaban J connectivity index is 1.92. The van der Waals surface area contributed by atoms with Gasteiger partial charge in [0.05, 0.1) is 23.0 Å². The predicted octanol–water partition coefficient (Wildman–Crippen LogP) is 2.70. The molecule has 0 amide bonds. The quantitative estimate of drug-likeness (QED) is 0.919. The zero-order valence-electron chi connectivity index (χ0n) is 12.9. The van der Waals surface area contributed by atoms with Gasteiger partial charge in [-0.05, 0) is 44.9 Å². The molecular weight excluding hydrogens is 262 g/mol. The van der Waals surface area contributed by atoms with Crippen LogP contribution in [-0.4, -0.2) is 27.4 Å². The van der Waals surface area contributed by atoms with Crippen molar-refractivity contribution in [1.29, 1.82) is 0 Å². The van der Waals surface area contributed by atoms with Gasteiger partial charge in [0.15, 0.2) is 5.78 Å². The van der Waals surface area contributed by atoms with Crippen molar-refractivity contribution in [2.75, 3.05) is 6.54 Å². The lowest BCUT2D eigenvalue weighted by atomic mass is 9.87. The molecule has 4 nitrogen and oxygen atoms in total. The van der Waals surface area contributed by atoms with Gasteiger partial charge in [-0.1, -0.05) is 19.1 Å². The molecule has 1 atom stereocenters. The van der Waals surface area contributed by atoms with Gasteiger partial charge in [0.25, 0.3) is 0 Å². The van der Waals surface area contributed by atoms with Crippen LogP contribution in [0.25, 0.3) is 11.0 Å². The number of rotatable bonds is 5. The first-order chi connectivity index (χ1) is 10.2. The van der Waals surface area contributed by atoms with E-state index in [1.54, 1.807) is 0 Å². The molecule has 2 aromatic rings. The Bertz CT molecular complexity index is 653. The summed E-state index contributed by atoms with van der Waals surface area (Å²) in [5, 5.41) is 3.42. The Hall–Kier alpha value is -1.68. The molecule has 1 aromatic carbocycles. The van der Waals surface area contributed by atoms with Crippen molar-refractivity contribution < 1.29 is 4.79 Å². The molecule has 1 N–H and O–H groups in total. The molecule has 0 spiro atoms. The highest BCUT2D eigenvalue weighted by atomic mass is 16.1. The van der Waals surface area contributed by atoms with Crippen LogP contribution in [0.5, 0.6) is 0 Å². The van der Waals surface area contributed by atoms with E-state index in [-0.39, 0.29) is 11.3 Å². The number of hydrogen-bond donors (Lipinski definition) is 1. The summed E-state index contributed by atoms with van der Waals surface area (Å²) in [7, 11) is 0. The number of nitrogens with one attached hydrogen (secondary N) is 1. The number of aryl methyl sites for hydroxylation is 1. The van der Waals surface area contributed by atoms with Crippen LogP contribution in [0.4, 0.5) is 0 Å². The minimum Gasteiger partial charge on any atom is -0.328 e. The zero-order chi connectivity index (χ0) is 14.9. The number of fused-ring (bicyclic) bond motifs is 1. The smallest absolute Gasteiger partial charge is 0.160 e. The van der Waals surface area contributed by atoms with Crippen LogP contribution in [0.3, 0.4) is 0 Å². The van der Waals surface area contributed by atoms with E-state index in [9.17, 15) is 4.79 Å². The molecule has 1 aromatic heterocycles. The Morgan fingerprint density at radius 2 is 2.19 bits per heavy atom. The summed E-state index contributed by atoms with van der Waals surface area (Å²) in [6, 6.07) is 8.10. The van der Waals surface area contributed by atoms with E-state index in [0.717, 1.165) is 49.2 Å². The van der Waals surface area contributed by atoms with Crippen LogP contribution in [0, 0.1) is 0 Å². The summed E-state index contributed by atoms with van der Waals surface area (Å²) in [6.07, 6.45) is 3.32. The van der Waals surface area contributed by atoms with Crippen LogP contribution in [0.1, 0.15) is 38.9 Å². The van der Waals surface area contributed by atoms with Gasteiger partial charge in [-0.2, -0.15) is 0 Å². The van der Waals surface area contributed by atoms with Gasteiger partial charge in [0.2, 0.25) is 0 Å². The van der Waals surface area contributed by atoms with E-state index in [1.807, 2.05) is 18.2 Å². The standard InChI is InChI=1S/C17H23N3O/c1-3-17(10-7-11-18-17)15(21)12-16-19-13-8-5-6-9-14(13)20(16)4-2/h5-6,8-9,18H,3-4,7,10-12H2,1-2H3. The molecule has 21 heavy (non-hydrogen) atoms. The van der Waals surface area contributed by atoms with Gasteiger partial charge < -0.3 is 9.88 Å². The average Bonchev–Trinajstić information content (AvgIpc) is 3.12. The average molecular weight is 285 g/mol.